The third-order valence-electron chi connectivity index (χ3n) is 2.22. The van der Waals surface area contributed by atoms with Crippen LogP contribution in [-0.2, 0) is 17.1 Å². The van der Waals surface area contributed by atoms with Crippen molar-refractivity contribution >= 4 is 27.2 Å². The maximum Gasteiger partial charge on any atom is 0.259 e. The lowest BCUT2D eigenvalue weighted by molar-refractivity contribution is 0.543. The second-order valence-electron chi connectivity index (χ2n) is 3.77. The Morgan fingerprint density at radius 3 is 2.76 bits per heavy atom. The van der Waals surface area contributed by atoms with E-state index in [0.717, 1.165) is 0 Å². The summed E-state index contributed by atoms with van der Waals surface area (Å²) in [7, 11) is -1.89. The molecular formula is C9H16N4O2S2. The van der Waals surface area contributed by atoms with Crippen molar-refractivity contribution in [3.05, 3.63) is 12.5 Å². The molecule has 0 aromatic carbocycles. The summed E-state index contributed by atoms with van der Waals surface area (Å²) >= 11 is 4.77. The molecule has 0 aliphatic heterocycles. The first-order valence-electron chi connectivity index (χ1n) is 5.13. The van der Waals surface area contributed by atoms with Crippen LogP contribution in [0, 0.1) is 0 Å². The van der Waals surface area contributed by atoms with Crippen molar-refractivity contribution in [3.8, 4) is 0 Å². The number of rotatable bonds is 6. The molecule has 0 saturated heterocycles. The van der Waals surface area contributed by atoms with Gasteiger partial charge in [0.15, 0.2) is 5.03 Å². The van der Waals surface area contributed by atoms with E-state index in [9.17, 15) is 8.42 Å². The Bertz CT molecular complexity index is 495. The van der Waals surface area contributed by atoms with Crippen LogP contribution in [0.25, 0.3) is 0 Å². The number of hydrogen-bond acceptors (Lipinski definition) is 4. The van der Waals surface area contributed by atoms with E-state index in [4.69, 9.17) is 18.0 Å². The molecule has 0 radical (unpaired) electrons. The van der Waals surface area contributed by atoms with E-state index < -0.39 is 10.0 Å². The summed E-state index contributed by atoms with van der Waals surface area (Å²) in [6, 6.07) is -0.292. The Balaban J connectivity index is 2.81. The predicted molar refractivity (Wildman–Crippen MR) is 69.0 cm³/mol. The first-order chi connectivity index (χ1) is 7.85. The van der Waals surface area contributed by atoms with Gasteiger partial charge in [-0.05, 0) is 6.42 Å². The fourth-order valence-corrected chi connectivity index (χ4v) is 2.82. The molecule has 1 aromatic heterocycles. The lowest BCUT2D eigenvalue weighted by atomic mass is 10.2. The van der Waals surface area contributed by atoms with Crippen molar-refractivity contribution in [2.75, 3.05) is 0 Å². The van der Waals surface area contributed by atoms with Crippen LogP contribution in [0.2, 0.25) is 0 Å². The lowest BCUT2D eigenvalue weighted by Crippen LogP contribution is -2.37. The average molecular weight is 276 g/mol. The average Bonchev–Trinajstić information content (AvgIpc) is 2.63. The SMILES string of the molecule is CCC(CC(N)=S)NS(=O)(=O)c1cn(C)cn1. The number of hydrogen-bond donors (Lipinski definition) is 2. The molecule has 3 N–H and O–H groups in total. The van der Waals surface area contributed by atoms with Crippen molar-refractivity contribution in [2.45, 2.75) is 30.8 Å². The summed E-state index contributed by atoms with van der Waals surface area (Å²) in [5.41, 5.74) is 5.41. The summed E-state index contributed by atoms with van der Waals surface area (Å²) in [6.45, 7) is 1.86. The van der Waals surface area contributed by atoms with Gasteiger partial charge >= 0.3 is 0 Å². The van der Waals surface area contributed by atoms with E-state index >= 15 is 0 Å². The summed E-state index contributed by atoms with van der Waals surface area (Å²) in [6.07, 6.45) is 3.83. The number of thiocarbonyl (C=S) groups is 1. The second kappa shape index (κ2) is 5.56. The maximum atomic E-state index is 11.9. The third kappa shape index (κ3) is 4.06. The quantitative estimate of drug-likeness (QED) is 0.722. The van der Waals surface area contributed by atoms with Crippen LogP contribution in [0.1, 0.15) is 19.8 Å². The number of nitrogens with two attached hydrogens (primary N) is 1. The molecular weight excluding hydrogens is 260 g/mol. The smallest absolute Gasteiger partial charge is 0.259 e. The Kier molecular flexibility index (Phi) is 4.61. The molecule has 6 nitrogen and oxygen atoms in total. The number of imidazole rings is 1. The van der Waals surface area contributed by atoms with Crippen molar-refractivity contribution < 1.29 is 8.42 Å². The molecule has 0 fully saturated rings. The van der Waals surface area contributed by atoms with Gasteiger partial charge in [0, 0.05) is 25.7 Å². The van der Waals surface area contributed by atoms with Crippen LogP contribution in [0.5, 0.6) is 0 Å². The van der Waals surface area contributed by atoms with Gasteiger partial charge in [0.25, 0.3) is 10.0 Å². The molecule has 17 heavy (non-hydrogen) atoms. The van der Waals surface area contributed by atoms with Crippen LogP contribution < -0.4 is 10.5 Å². The molecule has 0 bridgehead atoms. The fourth-order valence-electron chi connectivity index (χ4n) is 1.32. The van der Waals surface area contributed by atoms with E-state index in [1.807, 2.05) is 6.92 Å². The minimum absolute atomic E-state index is 0.00129. The molecule has 1 unspecified atom stereocenters. The van der Waals surface area contributed by atoms with Gasteiger partial charge in [-0.3, -0.25) is 0 Å². The van der Waals surface area contributed by atoms with Gasteiger partial charge < -0.3 is 10.3 Å². The van der Waals surface area contributed by atoms with Gasteiger partial charge in [-0.1, -0.05) is 19.1 Å². The Hall–Kier alpha value is -0.990. The summed E-state index contributed by atoms with van der Waals surface area (Å²) < 4.78 is 28.0. The normalized spacial score (nSPS) is 13.5. The lowest BCUT2D eigenvalue weighted by Gasteiger charge is -2.15. The highest BCUT2D eigenvalue weighted by Crippen LogP contribution is 2.08. The summed E-state index contributed by atoms with van der Waals surface area (Å²) in [4.78, 5) is 4.09. The zero-order chi connectivity index (χ0) is 13.1. The minimum Gasteiger partial charge on any atom is -0.393 e. The Morgan fingerprint density at radius 1 is 1.71 bits per heavy atom. The fraction of sp³-hybridized carbons (Fsp3) is 0.556. The van der Waals surface area contributed by atoms with Gasteiger partial charge in [0.05, 0.1) is 11.3 Å². The third-order valence-corrected chi connectivity index (χ3v) is 3.79. The summed E-state index contributed by atoms with van der Waals surface area (Å²) in [5, 5.41) is 0.00129. The molecule has 96 valence electrons. The van der Waals surface area contributed by atoms with Crippen LogP contribution >= 0.6 is 12.2 Å². The van der Waals surface area contributed by atoms with E-state index in [1.54, 1.807) is 11.6 Å². The molecule has 0 amide bonds. The molecule has 1 atom stereocenters. The van der Waals surface area contributed by atoms with Crippen LogP contribution in [0.4, 0.5) is 0 Å². The Morgan fingerprint density at radius 2 is 2.35 bits per heavy atom. The topological polar surface area (TPSA) is 90.0 Å². The standard InChI is InChI=1S/C9H16N4O2S2/c1-3-7(4-8(10)16)12-17(14,15)9-5-13(2)6-11-9/h5-7,12H,3-4H2,1-2H3,(H2,10,16). The number of nitrogens with one attached hydrogen (secondary N) is 1. The van der Waals surface area contributed by atoms with Gasteiger partial charge in [-0.15, -0.1) is 0 Å². The number of nitrogens with zero attached hydrogens (tertiary/aromatic N) is 2. The summed E-state index contributed by atoms with van der Waals surface area (Å²) in [5.74, 6) is 0. The highest BCUT2D eigenvalue weighted by molar-refractivity contribution is 7.89. The molecule has 0 aliphatic carbocycles. The predicted octanol–water partition coefficient (Wildman–Crippen LogP) is 0.153. The van der Waals surface area contributed by atoms with Crippen molar-refractivity contribution in [3.63, 3.8) is 0 Å². The van der Waals surface area contributed by atoms with Crippen LogP contribution in [-0.4, -0.2) is 29.0 Å². The molecule has 0 aliphatic rings. The second-order valence-corrected chi connectivity index (χ2v) is 5.96. The van der Waals surface area contributed by atoms with Crippen LogP contribution in [0.3, 0.4) is 0 Å². The van der Waals surface area contributed by atoms with Gasteiger partial charge in [-0.25, -0.2) is 18.1 Å². The van der Waals surface area contributed by atoms with Gasteiger partial charge in [0.2, 0.25) is 0 Å². The molecule has 8 heteroatoms. The largest absolute Gasteiger partial charge is 0.393 e. The van der Waals surface area contributed by atoms with Gasteiger partial charge in [-0.2, -0.15) is 0 Å². The molecule has 1 heterocycles. The number of sulfonamides is 1. The van der Waals surface area contributed by atoms with Crippen molar-refractivity contribution in [1.82, 2.24) is 14.3 Å². The van der Waals surface area contributed by atoms with Crippen LogP contribution in [0.15, 0.2) is 17.6 Å². The zero-order valence-electron chi connectivity index (χ0n) is 9.75. The van der Waals surface area contributed by atoms with E-state index in [-0.39, 0.29) is 11.1 Å². The van der Waals surface area contributed by atoms with Crippen molar-refractivity contribution in [2.24, 2.45) is 12.8 Å². The van der Waals surface area contributed by atoms with Gasteiger partial charge in [0.1, 0.15) is 0 Å². The highest BCUT2D eigenvalue weighted by atomic mass is 32.2. The molecule has 1 rings (SSSR count). The van der Waals surface area contributed by atoms with E-state index in [1.165, 1.54) is 12.5 Å². The first-order valence-corrected chi connectivity index (χ1v) is 7.03. The number of aryl methyl sites for hydroxylation is 1. The monoisotopic (exact) mass is 276 g/mol. The highest BCUT2D eigenvalue weighted by Gasteiger charge is 2.21. The molecule has 0 saturated carbocycles. The minimum atomic E-state index is -3.59. The first kappa shape index (κ1) is 14.1. The van der Waals surface area contributed by atoms with E-state index in [0.29, 0.717) is 17.8 Å². The number of aromatic nitrogens is 2. The zero-order valence-corrected chi connectivity index (χ0v) is 11.4. The maximum absolute atomic E-state index is 11.9. The van der Waals surface area contributed by atoms with E-state index in [2.05, 4.69) is 9.71 Å². The van der Waals surface area contributed by atoms with Crippen molar-refractivity contribution in [1.29, 1.82) is 0 Å². The molecule has 0 spiro atoms. The Labute approximate surface area is 106 Å². The molecule has 1 aromatic rings.